The molecular formula is C25H21N3O. The Morgan fingerprint density at radius 3 is 1.72 bits per heavy atom. The largest absolute Gasteiger partial charge is 0.323 e. The molecule has 4 rings (SSSR count). The molecule has 3 aromatic carbocycles. The number of anilines is 2. The summed E-state index contributed by atoms with van der Waals surface area (Å²) < 4.78 is 0. The summed E-state index contributed by atoms with van der Waals surface area (Å²) in [7, 11) is 0. The van der Waals surface area contributed by atoms with E-state index >= 15 is 0 Å². The Kier molecular flexibility index (Phi) is 5.34. The van der Waals surface area contributed by atoms with Crippen molar-refractivity contribution in [2.45, 2.75) is 6.92 Å². The predicted octanol–water partition coefficient (Wildman–Crippen LogP) is 6.37. The Bertz CT molecular complexity index is 1100. The van der Waals surface area contributed by atoms with Gasteiger partial charge in [0.15, 0.2) is 0 Å². The van der Waals surface area contributed by atoms with Crippen LogP contribution in [0.3, 0.4) is 0 Å². The van der Waals surface area contributed by atoms with Gasteiger partial charge in [-0.25, -0.2) is 4.79 Å². The molecule has 2 amide bonds. The first-order valence-corrected chi connectivity index (χ1v) is 9.44. The predicted molar refractivity (Wildman–Crippen MR) is 119 cm³/mol. The van der Waals surface area contributed by atoms with Gasteiger partial charge < -0.3 is 10.6 Å². The lowest BCUT2D eigenvalue weighted by Gasteiger charge is -2.09. The number of hydrogen-bond donors (Lipinski definition) is 2. The number of amides is 2. The van der Waals surface area contributed by atoms with Gasteiger partial charge in [0.05, 0.1) is 0 Å². The first-order valence-electron chi connectivity index (χ1n) is 9.44. The first kappa shape index (κ1) is 18.4. The lowest BCUT2D eigenvalue weighted by atomic mass is 10.1. The maximum absolute atomic E-state index is 12.3. The Hall–Kier alpha value is -3.92. The molecule has 0 atom stereocenters. The van der Waals surface area contributed by atoms with E-state index in [0.717, 1.165) is 39.3 Å². The minimum Gasteiger partial charge on any atom is -0.308 e. The monoisotopic (exact) mass is 379 g/mol. The molecule has 1 heterocycles. The van der Waals surface area contributed by atoms with Crippen molar-refractivity contribution < 1.29 is 4.79 Å². The molecule has 0 radical (unpaired) electrons. The minimum atomic E-state index is -0.273. The van der Waals surface area contributed by atoms with E-state index in [1.54, 1.807) is 6.20 Å². The smallest absolute Gasteiger partial charge is 0.308 e. The number of carbonyl (C=O) groups excluding carboxylic acids is 1. The van der Waals surface area contributed by atoms with E-state index in [1.807, 2.05) is 85.8 Å². The Morgan fingerprint density at radius 1 is 0.655 bits per heavy atom. The van der Waals surface area contributed by atoms with Gasteiger partial charge in [0.1, 0.15) is 0 Å². The zero-order valence-corrected chi connectivity index (χ0v) is 16.1. The Morgan fingerprint density at radius 2 is 1.17 bits per heavy atom. The third-order valence-electron chi connectivity index (χ3n) is 4.62. The van der Waals surface area contributed by atoms with E-state index in [9.17, 15) is 4.79 Å². The molecule has 0 unspecified atom stereocenters. The molecule has 0 aliphatic carbocycles. The van der Waals surface area contributed by atoms with Crippen LogP contribution in [0.25, 0.3) is 22.3 Å². The topological polar surface area (TPSA) is 54.0 Å². The number of benzene rings is 3. The molecule has 29 heavy (non-hydrogen) atoms. The maximum Gasteiger partial charge on any atom is 0.323 e. The quantitative estimate of drug-likeness (QED) is 0.433. The van der Waals surface area contributed by atoms with Crippen LogP contribution in [-0.2, 0) is 0 Å². The van der Waals surface area contributed by atoms with Gasteiger partial charge >= 0.3 is 6.03 Å². The molecular weight excluding hydrogens is 358 g/mol. The second-order valence-electron chi connectivity index (χ2n) is 6.79. The molecule has 4 heteroatoms. The molecule has 0 spiro atoms. The standard InChI is InChI=1S/C25H21N3O/c1-18-17-22(15-16-26-18)21-9-13-24(14-10-21)28-25(29)27-23-11-7-20(8-12-23)19-5-3-2-4-6-19/h2-17H,1H3,(H2,27,28,29). The molecule has 142 valence electrons. The van der Waals surface area contributed by atoms with Crippen LogP contribution < -0.4 is 10.6 Å². The van der Waals surface area contributed by atoms with Crippen LogP contribution in [0.2, 0.25) is 0 Å². The van der Waals surface area contributed by atoms with Gasteiger partial charge in [-0.1, -0.05) is 54.6 Å². The molecule has 0 saturated heterocycles. The van der Waals surface area contributed by atoms with Crippen molar-refractivity contribution in [3.8, 4) is 22.3 Å². The van der Waals surface area contributed by atoms with Gasteiger partial charge in [-0.05, 0) is 65.6 Å². The molecule has 0 bridgehead atoms. The van der Waals surface area contributed by atoms with Crippen molar-refractivity contribution in [2.24, 2.45) is 0 Å². The molecule has 1 aromatic heterocycles. The normalized spacial score (nSPS) is 10.4. The summed E-state index contributed by atoms with van der Waals surface area (Å²) in [4.78, 5) is 16.5. The highest BCUT2D eigenvalue weighted by molar-refractivity contribution is 6.00. The van der Waals surface area contributed by atoms with Crippen LogP contribution in [0.1, 0.15) is 5.69 Å². The molecule has 0 aliphatic rings. The number of nitrogens with zero attached hydrogens (tertiary/aromatic N) is 1. The van der Waals surface area contributed by atoms with Crippen LogP contribution in [0, 0.1) is 6.92 Å². The van der Waals surface area contributed by atoms with Crippen LogP contribution in [0.4, 0.5) is 16.2 Å². The second kappa shape index (κ2) is 8.40. The Balaban J connectivity index is 1.38. The van der Waals surface area contributed by atoms with Gasteiger partial charge in [0, 0.05) is 23.3 Å². The molecule has 0 aliphatic heterocycles. The molecule has 0 saturated carbocycles. The highest BCUT2D eigenvalue weighted by Crippen LogP contribution is 2.23. The van der Waals surface area contributed by atoms with Crippen molar-refractivity contribution in [2.75, 3.05) is 10.6 Å². The van der Waals surface area contributed by atoms with Gasteiger partial charge in [0.2, 0.25) is 0 Å². The molecule has 4 aromatic rings. The van der Waals surface area contributed by atoms with E-state index in [4.69, 9.17) is 0 Å². The number of rotatable bonds is 4. The fourth-order valence-electron chi connectivity index (χ4n) is 3.14. The van der Waals surface area contributed by atoms with Gasteiger partial charge in [-0.2, -0.15) is 0 Å². The number of carbonyl (C=O) groups is 1. The summed E-state index contributed by atoms with van der Waals surface area (Å²) in [5.41, 5.74) is 6.89. The van der Waals surface area contributed by atoms with Crippen molar-refractivity contribution in [1.29, 1.82) is 0 Å². The summed E-state index contributed by atoms with van der Waals surface area (Å²) in [5.74, 6) is 0. The van der Waals surface area contributed by atoms with Crippen molar-refractivity contribution in [3.63, 3.8) is 0 Å². The molecule has 0 fully saturated rings. The number of hydrogen-bond acceptors (Lipinski definition) is 2. The van der Waals surface area contributed by atoms with Crippen molar-refractivity contribution >= 4 is 17.4 Å². The zero-order valence-electron chi connectivity index (χ0n) is 16.1. The molecule has 4 nitrogen and oxygen atoms in total. The summed E-state index contributed by atoms with van der Waals surface area (Å²) in [5, 5.41) is 5.73. The SMILES string of the molecule is Cc1cc(-c2ccc(NC(=O)Nc3ccc(-c4ccccc4)cc3)cc2)ccn1. The van der Waals surface area contributed by atoms with E-state index < -0.39 is 0 Å². The first-order chi connectivity index (χ1) is 14.2. The van der Waals surface area contributed by atoms with Gasteiger partial charge in [0.25, 0.3) is 0 Å². The maximum atomic E-state index is 12.3. The third-order valence-corrected chi connectivity index (χ3v) is 4.62. The summed E-state index contributed by atoms with van der Waals surface area (Å²) in [6.45, 7) is 1.97. The number of aryl methyl sites for hydroxylation is 1. The average Bonchev–Trinajstić information content (AvgIpc) is 2.75. The summed E-state index contributed by atoms with van der Waals surface area (Å²) in [6, 6.07) is 29.4. The zero-order chi connectivity index (χ0) is 20.1. The lowest BCUT2D eigenvalue weighted by Crippen LogP contribution is -2.19. The van der Waals surface area contributed by atoms with Gasteiger partial charge in [-0.3, -0.25) is 4.98 Å². The third kappa shape index (κ3) is 4.68. The van der Waals surface area contributed by atoms with Crippen LogP contribution in [-0.4, -0.2) is 11.0 Å². The van der Waals surface area contributed by atoms with E-state index in [-0.39, 0.29) is 6.03 Å². The van der Waals surface area contributed by atoms with Crippen LogP contribution in [0.5, 0.6) is 0 Å². The lowest BCUT2D eigenvalue weighted by molar-refractivity contribution is 0.262. The van der Waals surface area contributed by atoms with E-state index in [2.05, 4.69) is 27.8 Å². The van der Waals surface area contributed by atoms with Crippen LogP contribution in [0.15, 0.2) is 97.2 Å². The highest BCUT2D eigenvalue weighted by atomic mass is 16.2. The van der Waals surface area contributed by atoms with Crippen molar-refractivity contribution in [1.82, 2.24) is 4.98 Å². The fourth-order valence-corrected chi connectivity index (χ4v) is 3.14. The highest BCUT2D eigenvalue weighted by Gasteiger charge is 2.05. The number of nitrogens with one attached hydrogen (secondary N) is 2. The van der Waals surface area contributed by atoms with E-state index in [0.29, 0.717) is 0 Å². The number of urea groups is 1. The minimum absolute atomic E-state index is 0.273. The fraction of sp³-hybridized carbons (Fsp3) is 0.0400. The number of pyridine rings is 1. The second-order valence-corrected chi connectivity index (χ2v) is 6.79. The Labute approximate surface area is 170 Å². The summed E-state index contributed by atoms with van der Waals surface area (Å²) >= 11 is 0. The van der Waals surface area contributed by atoms with E-state index in [1.165, 1.54) is 0 Å². The average molecular weight is 379 g/mol. The van der Waals surface area contributed by atoms with Gasteiger partial charge in [-0.15, -0.1) is 0 Å². The number of aromatic nitrogens is 1. The van der Waals surface area contributed by atoms with Crippen molar-refractivity contribution in [3.05, 3.63) is 103 Å². The molecule has 2 N–H and O–H groups in total. The van der Waals surface area contributed by atoms with Crippen LogP contribution >= 0.6 is 0 Å². The summed E-state index contributed by atoms with van der Waals surface area (Å²) in [6.07, 6.45) is 1.80.